The van der Waals surface area contributed by atoms with Crippen molar-refractivity contribution < 1.29 is 9.53 Å². The predicted molar refractivity (Wildman–Crippen MR) is 98.6 cm³/mol. The summed E-state index contributed by atoms with van der Waals surface area (Å²) in [6.45, 7) is 0.998. The SMILES string of the molecule is CN(CCOc1ccccc1)C(=O)Cc1csc(-c2cccnc2)n1. The van der Waals surface area contributed by atoms with E-state index in [1.807, 2.05) is 47.8 Å². The van der Waals surface area contributed by atoms with Crippen molar-refractivity contribution in [1.29, 1.82) is 0 Å². The average molecular weight is 353 g/mol. The Morgan fingerprint density at radius 2 is 2.04 bits per heavy atom. The lowest BCUT2D eigenvalue weighted by atomic mass is 10.3. The molecule has 3 rings (SSSR count). The zero-order valence-electron chi connectivity index (χ0n) is 14.0. The number of hydrogen-bond donors (Lipinski definition) is 0. The quantitative estimate of drug-likeness (QED) is 0.654. The molecule has 0 fully saturated rings. The maximum Gasteiger partial charge on any atom is 0.228 e. The number of aromatic nitrogens is 2. The van der Waals surface area contributed by atoms with Crippen LogP contribution in [0.25, 0.3) is 10.6 Å². The Kier molecular flexibility index (Phi) is 5.74. The molecule has 0 unspecified atom stereocenters. The van der Waals surface area contributed by atoms with Gasteiger partial charge in [-0.2, -0.15) is 0 Å². The molecular formula is C19H19N3O2S. The summed E-state index contributed by atoms with van der Waals surface area (Å²) >= 11 is 1.52. The van der Waals surface area contributed by atoms with Crippen LogP contribution in [0.1, 0.15) is 5.69 Å². The van der Waals surface area contributed by atoms with E-state index in [2.05, 4.69) is 9.97 Å². The Labute approximate surface area is 150 Å². The van der Waals surface area contributed by atoms with Gasteiger partial charge in [-0.15, -0.1) is 11.3 Å². The first-order valence-electron chi connectivity index (χ1n) is 7.99. The number of thiazole rings is 1. The number of hydrogen-bond acceptors (Lipinski definition) is 5. The molecule has 0 radical (unpaired) electrons. The zero-order chi connectivity index (χ0) is 17.5. The lowest BCUT2D eigenvalue weighted by molar-refractivity contribution is -0.129. The first-order chi connectivity index (χ1) is 12.2. The van der Waals surface area contributed by atoms with Crippen LogP contribution in [0.4, 0.5) is 0 Å². The van der Waals surface area contributed by atoms with Crippen LogP contribution in [0, 0.1) is 0 Å². The van der Waals surface area contributed by atoms with Crippen molar-refractivity contribution in [3.05, 3.63) is 65.9 Å². The summed E-state index contributed by atoms with van der Waals surface area (Å²) in [5.74, 6) is 0.837. The van der Waals surface area contributed by atoms with E-state index in [1.54, 1.807) is 24.3 Å². The minimum Gasteiger partial charge on any atom is -0.492 e. The van der Waals surface area contributed by atoms with Crippen molar-refractivity contribution in [2.45, 2.75) is 6.42 Å². The van der Waals surface area contributed by atoms with Gasteiger partial charge in [-0.3, -0.25) is 9.78 Å². The van der Waals surface area contributed by atoms with Gasteiger partial charge in [0, 0.05) is 30.4 Å². The second-order valence-corrected chi connectivity index (χ2v) is 6.40. The van der Waals surface area contributed by atoms with Crippen LogP contribution in [-0.4, -0.2) is 41.0 Å². The van der Waals surface area contributed by atoms with Gasteiger partial charge in [0.2, 0.25) is 5.91 Å². The summed E-state index contributed by atoms with van der Waals surface area (Å²) in [6, 6.07) is 13.4. The second-order valence-electron chi connectivity index (χ2n) is 5.54. The Morgan fingerprint density at radius 3 is 2.80 bits per heavy atom. The topological polar surface area (TPSA) is 55.3 Å². The molecule has 2 heterocycles. The smallest absolute Gasteiger partial charge is 0.228 e. The van der Waals surface area contributed by atoms with E-state index in [0.717, 1.165) is 22.0 Å². The molecule has 3 aromatic rings. The third-order valence-corrected chi connectivity index (χ3v) is 4.60. The molecule has 25 heavy (non-hydrogen) atoms. The minimum atomic E-state index is 0.0275. The summed E-state index contributed by atoms with van der Waals surface area (Å²) in [5.41, 5.74) is 1.75. The van der Waals surface area contributed by atoms with Crippen LogP contribution < -0.4 is 4.74 Å². The van der Waals surface area contributed by atoms with Crippen molar-refractivity contribution in [1.82, 2.24) is 14.9 Å². The molecule has 5 nitrogen and oxygen atoms in total. The van der Waals surface area contributed by atoms with Crippen molar-refractivity contribution >= 4 is 17.2 Å². The molecule has 0 bridgehead atoms. The van der Waals surface area contributed by atoms with Gasteiger partial charge >= 0.3 is 0 Å². The van der Waals surface area contributed by atoms with E-state index >= 15 is 0 Å². The van der Waals surface area contributed by atoms with Crippen LogP contribution in [0.2, 0.25) is 0 Å². The summed E-state index contributed by atoms with van der Waals surface area (Å²) in [5, 5.41) is 2.81. The van der Waals surface area contributed by atoms with Gasteiger partial charge in [0.05, 0.1) is 18.7 Å². The number of para-hydroxylation sites is 1. The second kappa shape index (κ2) is 8.39. The van der Waals surface area contributed by atoms with E-state index in [1.165, 1.54) is 11.3 Å². The monoisotopic (exact) mass is 353 g/mol. The summed E-state index contributed by atoms with van der Waals surface area (Å²) in [7, 11) is 1.78. The maximum atomic E-state index is 12.3. The summed E-state index contributed by atoms with van der Waals surface area (Å²) in [6.07, 6.45) is 3.80. The number of benzene rings is 1. The van der Waals surface area contributed by atoms with Crippen molar-refractivity contribution in [3.8, 4) is 16.3 Å². The van der Waals surface area contributed by atoms with E-state index in [4.69, 9.17) is 4.74 Å². The normalized spacial score (nSPS) is 10.4. The Hall–Kier alpha value is -2.73. The standard InChI is InChI=1S/C19H19N3O2S/c1-22(10-11-24-17-7-3-2-4-8-17)18(23)12-16-14-25-19(21-16)15-6-5-9-20-13-15/h2-9,13-14H,10-12H2,1H3. The average Bonchev–Trinajstić information content (AvgIpc) is 3.12. The first-order valence-corrected chi connectivity index (χ1v) is 8.87. The number of carbonyl (C=O) groups is 1. The number of nitrogens with zero attached hydrogens (tertiary/aromatic N) is 3. The number of pyridine rings is 1. The Morgan fingerprint density at radius 1 is 1.20 bits per heavy atom. The van der Waals surface area contributed by atoms with Gasteiger partial charge in [0.15, 0.2) is 0 Å². The van der Waals surface area contributed by atoms with Gasteiger partial charge in [-0.05, 0) is 24.3 Å². The van der Waals surface area contributed by atoms with Gasteiger partial charge in [0.25, 0.3) is 0 Å². The lowest BCUT2D eigenvalue weighted by Crippen LogP contribution is -2.32. The molecule has 0 aliphatic heterocycles. The van der Waals surface area contributed by atoms with Crippen LogP contribution >= 0.6 is 11.3 Å². The highest BCUT2D eigenvalue weighted by atomic mass is 32.1. The molecule has 1 aromatic carbocycles. The fourth-order valence-electron chi connectivity index (χ4n) is 2.24. The molecule has 0 saturated heterocycles. The van der Waals surface area contributed by atoms with Crippen LogP contribution in [0.5, 0.6) is 5.75 Å². The van der Waals surface area contributed by atoms with E-state index in [-0.39, 0.29) is 5.91 Å². The van der Waals surface area contributed by atoms with Gasteiger partial charge in [-0.1, -0.05) is 18.2 Å². The number of amides is 1. The lowest BCUT2D eigenvalue weighted by Gasteiger charge is -2.17. The van der Waals surface area contributed by atoms with Gasteiger partial charge < -0.3 is 9.64 Å². The first kappa shape index (κ1) is 17.1. The molecule has 2 aromatic heterocycles. The van der Waals surface area contributed by atoms with Crippen LogP contribution in [0.3, 0.4) is 0 Å². The molecule has 0 N–H and O–H groups in total. The fourth-order valence-corrected chi connectivity index (χ4v) is 3.05. The minimum absolute atomic E-state index is 0.0275. The highest BCUT2D eigenvalue weighted by Crippen LogP contribution is 2.22. The molecule has 0 saturated carbocycles. The van der Waals surface area contributed by atoms with Crippen molar-refractivity contribution in [2.24, 2.45) is 0 Å². The largest absolute Gasteiger partial charge is 0.492 e. The molecular weight excluding hydrogens is 334 g/mol. The molecule has 6 heteroatoms. The van der Waals surface area contributed by atoms with Gasteiger partial charge in [0.1, 0.15) is 17.4 Å². The summed E-state index contributed by atoms with van der Waals surface area (Å²) < 4.78 is 5.62. The molecule has 0 aliphatic rings. The number of ether oxygens (including phenoxy) is 1. The Bertz CT molecular complexity index is 806. The predicted octanol–water partition coefficient (Wildman–Crippen LogP) is 3.29. The Balaban J connectivity index is 1.49. The van der Waals surface area contributed by atoms with E-state index in [0.29, 0.717) is 19.6 Å². The number of likely N-dealkylation sites (N-methyl/N-ethyl adjacent to an activating group) is 1. The fraction of sp³-hybridized carbons (Fsp3) is 0.211. The van der Waals surface area contributed by atoms with Gasteiger partial charge in [-0.25, -0.2) is 4.98 Å². The highest BCUT2D eigenvalue weighted by Gasteiger charge is 2.13. The third-order valence-electron chi connectivity index (χ3n) is 3.66. The zero-order valence-corrected chi connectivity index (χ0v) is 14.8. The highest BCUT2D eigenvalue weighted by molar-refractivity contribution is 7.13. The molecule has 128 valence electrons. The van der Waals surface area contributed by atoms with E-state index < -0.39 is 0 Å². The maximum absolute atomic E-state index is 12.3. The summed E-state index contributed by atoms with van der Waals surface area (Å²) in [4.78, 5) is 22.6. The van der Waals surface area contributed by atoms with Crippen molar-refractivity contribution in [2.75, 3.05) is 20.2 Å². The van der Waals surface area contributed by atoms with Crippen LogP contribution in [0.15, 0.2) is 60.2 Å². The van der Waals surface area contributed by atoms with E-state index in [9.17, 15) is 4.79 Å². The molecule has 0 spiro atoms. The molecule has 0 aliphatic carbocycles. The molecule has 0 atom stereocenters. The number of rotatable bonds is 7. The van der Waals surface area contributed by atoms with Crippen LogP contribution in [-0.2, 0) is 11.2 Å². The number of carbonyl (C=O) groups excluding carboxylic acids is 1. The third kappa shape index (κ3) is 4.87. The van der Waals surface area contributed by atoms with Crippen molar-refractivity contribution in [3.63, 3.8) is 0 Å². The molecule has 1 amide bonds.